The van der Waals surface area contributed by atoms with Crippen LogP contribution in [0.4, 0.5) is 5.69 Å². The van der Waals surface area contributed by atoms with Crippen molar-refractivity contribution in [3.8, 4) is 5.75 Å². The third-order valence-corrected chi connectivity index (χ3v) is 6.70. The first-order chi connectivity index (χ1) is 13.0. The maximum Gasteiger partial charge on any atom is 0.237 e. The lowest BCUT2D eigenvalue weighted by molar-refractivity contribution is -0.127. The molecular formula is C22H35N3O2. The van der Waals surface area contributed by atoms with E-state index in [-0.39, 0.29) is 11.9 Å². The summed E-state index contributed by atoms with van der Waals surface area (Å²) in [5.74, 6) is 2.37. The molecule has 5 heteroatoms. The second-order valence-corrected chi connectivity index (χ2v) is 8.25. The lowest BCUT2D eigenvalue weighted by Crippen LogP contribution is -2.56. The average molecular weight is 374 g/mol. The normalized spacial score (nSPS) is 27.9. The number of hydrogen-bond donors (Lipinski definition) is 1. The molecule has 2 aliphatic rings. The van der Waals surface area contributed by atoms with Gasteiger partial charge in [0, 0.05) is 32.2 Å². The van der Waals surface area contributed by atoms with Gasteiger partial charge in [-0.2, -0.15) is 0 Å². The zero-order chi connectivity index (χ0) is 19.4. The van der Waals surface area contributed by atoms with Crippen LogP contribution in [0.15, 0.2) is 24.3 Å². The Bertz CT molecular complexity index is 628. The van der Waals surface area contributed by atoms with Gasteiger partial charge in [-0.15, -0.1) is 0 Å². The molecule has 150 valence electrons. The summed E-state index contributed by atoms with van der Waals surface area (Å²) in [7, 11) is 1.72. The molecule has 4 atom stereocenters. The predicted octanol–water partition coefficient (Wildman–Crippen LogP) is 3.15. The molecule has 27 heavy (non-hydrogen) atoms. The summed E-state index contributed by atoms with van der Waals surface area (Å²) in [4.78, 5) is 17.5. The Balaban J connectivity index is 1.53. The number of hydrogen-bond acceptors (Lipinski definition) is 4. The molecule has 1 heterocycles. The van der Waals surface area contributed by atoms with Crippen LogP contribution in [0.2, 0.25) is 0 Å². The van der Waals surface area contributed by atoms with Gasteiger partial charge in [0.1, 0.15) is 5.75 Å². The van der Waals surface area contributed by atoms with E-state index in [1.165, 1.54) is 12.8 Å². The lowest BCUT2D eigenvalue weighted by Gasteiger charge is -2.40. The molecule has 2 fully saturated rings. The number of anilines is 1. The first-order valence-corrected chi connectivity index (χ1v) is 10.4. The van der Waals surface area contributed by atoms with Crippen molar-refractivity contribution in [3.05, 3.63) is 24.3 Å². The number of para-hydroxylation sites is 2. The first kappa shape index (κ1) is 20.0. The van der Waals surface area contributed by atoms with Gasteiger partial charge in [-0.3, -0.25) is 9.69 Å². The van der Waals surface area contributed by atoms with E-state index >= 15 is 0 Å². The minimum absolute atomic E-state index is 0.0748. The Morgan fingerprint density at radius 3 is 2.56 bits per heavy atom. The fraction of sp³-hybridized carbons (Fsp3) is 0.682. The van der Waals surface area contributed by atoms with Crippen LogP contribution in [0.3, 0.4) is 0 Å². The van der Waals surface area contributed by atoms with Crippen molar-refractivity contribution in [2.45, 2.75) is 52.1 Å². The van der Waals surface area contributed by atoms with Gasteiger partial charge < -0.3 is 15.0 Å². The molecule has 0 radical (unpaired) electrons. The van der Waals surface area contributed by atoms with Crippen molar-refractivity contribution in [1.82, 2.24) is 10.2 Å². The van der Waals surface area contributed by atoms with E-state index in [9.17, 15) is 4.79 Å². The molecule has 1 N–H and O–H groups in total. The summed E-state index contributed by atoms with van der Waals surface area (Å²) in [6.45, 7) is 10.2. The fourth-order valence-corrected chi connectivity index (χ4v) is 4.50. The van der Waals surface area contributed by atoms with Gasteiger partial charge in [-0.25, -0.2) is 0 Å². The summed E-state index contributed by atoms with van der Waals surface area (Å²) in [5.41, 5.74) is 1.14. The number of carbonyl (C=O) groups is 1. The third kappa shape index (κ3) is 4.57. The van der Waals surface area contributed by atoms with E-state index in [0.29, 0.717) is 17.9 Å². The van der Waals surface area contributed by atoms with Crippen LogP contribution >= 0.6 is 0 Å². The minimum Gasteiger partial charge on any atom is -0.495 e. The van der Waals surface area contributed by atoms with Gasteiger partial charge in [0.2, 0.25) is 5.91 Å². The van der Waals surface area contributed by atoms with Crippen LogP contribution < -0.4 is 15.0 Å². The Morgan fingerprint density at radius 2 is 1.85 bits per heavy atom. The SMILES string of the molecule is COc1ccccc1N1CCN([C@H](C)C(=O)N[C@@H]2CCC[C@@H](C)[C@H]2C)CC1. The summed E-state index contributed by atoms with van der Waals surface area (Å²) < 4.78 is 5.49. The second kappa shape index (κ2) is 8.96. The number of benzene rings is 1. The molecule has 1 aliphatic carbocycles. The van der Waals surface area contributed by atoms with Crippen LogP contribution in [0, 0.1) is 11.8 Å². The summed E-state index contributed by atoms with van der Waals surface area (Å²) >= 11 is 0. The maximum absolute atomic E-state index is 12.8. The molecule has 1 amide bonds. The van der Waals surface area contributed by atoms with Gasteiger partial charge in [0.05, 0.1) is 18.8 Å². The van der Waals surface area contributed by atoms with E-state index < -0.39 is 0 Å². The average Bonchev–Trinajstić information content (AvgIpc) is 2.71. The molecule has 1 aliphatic heterocycles. The van der Waals surface area contributed by atoms with Crippen molar-refractivity contribution in [2.24, 2.45) is 11.8 Å². The Morgan fingerprint density at radius 1 is 1.15 bits per heavy atom. The topological polar surface area (TPSA) is 44.8 Å². The quantitative estimate of drug-likeness (QED) is 0.861. The number of piperazine rings is 1. The summed E-state index contributed by atoms with van der Waals surface area (Å²) in [6, 6.07) is 8.42. The van der Waals surface area contributed by atoms with Crippen molar-refractivity contribution < 1.29 is 9.53 Å². The van der Waals surface area contributed by atoms with Gasteiger partial charge in [0.25, 0.3) is 0 Å². The molecule has 0 bridgehead atoms. The number of nitrogens with one attached hydrogen (secondary N) is 1. The van der Waals surface area contributed by atoms with Crippen molar-refractivity contribution >= 4 is 11.6 Å². The highest BCUT2D eigenvalue weighted by Crippen LogP contribution is 2.30. The number of rotatable bonds is 5. The number of ether oxygens (including phenoxy) is 1. The van der Waals surface area contributed by atoms with E-state index in [1.54, 1.807) is 7.11 Å². The zero-order valence-electron chi connectivity index (χ0n) is 17.3. The summed E-state index contributed by atoms with van der Waals surface area (Å²) in [6.07, 6.45) is 3.63. The highest BCUT2D eigenvalue weighted by molar-refractivity contribution is 5.81. The van der Waals surface area contributed by atoms with Gasteiger partial charge in [0.15, 0.2) is 0 Å². The third-order valence-electron chi connectivity index (χ3n) is 6.70. The van der Waals surface area contributed by atoms with E-state index in [4.69, 9.17) is 4.74 Å². The first-order valence-electron chi connectivity index (χ1n) is 10.4. The van der Waals surface area contributed by atoms with Crippen molar-refractivity contribution in [3.63, 3.8) is 0 Å². The Labute approximate surface area is 164 Å². The van der Waals surface area contributed by atoms with Crippen LogP contribution in [-0.2, 0) is 4.79 Å². The highest BCUT2D eigenvalue weighted by Gasteiger charge is 2.31. The second-order valence-electron chi connectivity index (χ2n) is 8.25. The van der Waals surface area contributed by atoms with Crippen molar-refractivity contribution in [2.75, 3.05) is 38.2 Å². The maximum atomic E-state index is 12.8. The lowest BCUT2D eigenvalue weighted by atomic mass is 9.78. The molecule has 3 rings (SSSR count). The molecule has 1 aromatic carbocycles. The molecule has 1 saturated carbocycles. The van der Waals surface area contributed by atoms with E-state index in [2.05, 4.69) is 35.0 Å². The van der Waals surface area contributed by atoms with Gasteiger partial charge in [-0.05, 0) is 37.3 Å². The standard InChI is InChI=1S/C22H35N3O2/c1-16-8-7-9-19(17(16)2)23-22(26)18(3)24-12-14-25(15-13-24)20-10-5-6-11-21(20)27-4/h5-6,10-11,16-19H,7-9,12-15H2,1-4H3,(H,23,26)/t16-,17-,18-,19-/m1/s1. The largest absolute Gasteiger partial charge is 0.495 e. The molecular weight excluding hydrogens is 338 g/mol. The van der Waals surface area contributed by atoms with E-state index in [1.807, 2.05) is 25.1 Å². The van der Waals surface area contributed by atoms with Crippen molar-refractivity contribution in [1.29, 1.82) is 0 Å². The molecule has 5 nitrogen and oxygen atoms in total. The Hall–Kier alpha value is -1.75. The number of amides is 1. The van der Waals surface area contributed by atoms with Crippen LogP contribution in [0.5, 0.6) is 5.75 Å². The van der Waals surface area contributed by atoms with Crippen LogP contribution in [0.25, 0.3) is 0 Å². The highest BCUT2D eigenvalue weighted by atomic mass is 16.5. The number of methoxy groups -OCH3 is 1. The molecule has 1 saturated heterocycles. The van der Waals surface area contributed by atoms with Crippen LogP contribution in [-0.4, -0.2) is 56.2 Å². The molecule has 0 spiro atoms. The smallest absolute Gasteiger partial charge is 0.237 e. The Kier molecular flexibility index (Phi) is 6.64. The fourth-order valence-electron chi connectivity index (χ4n) is 4.50. The molecule has 0 aromatic heterocycles. The van der Waals surface area contributed by atoms with E-state index in [0.717, 1.165) is 44.0 Å². The summed E-state index contributed by atoms with van der Waals surface area (Å²) in [5, 5.41) is 3.34. The number of nitrogens with zero attached hydrogens (tertiary/aromatic N) is 2. The predicted molar refractivity (Wildman–Crippen MR) is 110 cm³/mol. The number of carbonyl (C=O) groups excluding carboxylic acids is 1. The zero-order valence-corrected chi connectivity index (χ0v) is 17.3. The monoisotopic (exact) mass is 373 g/mol. The minimum atomic E-state index is -0.0748. The van der Waals surface area contributed by atoms with Crippen LogP contribution in [0.1, 0.15) is 40.0 Å². The van der Waals surface area contributed by atoms with Gasteiger partial charge >= 0.3 is 0 Å². The molecule has 0 unspecified atom stereocenters. The molecule has 1 aromatic rings. The van der Waals surface area contributed by atoms with Gasteiger partial charge in [-0.1, -0.05) is 38.8 Å².